The Labute approximate surface area is 116 Å². The van der Waals surface area contributed by atoms with Crippen molar-refractivity contribution in [3.63, 3.8) is 0 Å². The SMILES string of the molecule is C[C@H](NCc1cccc(O)c1)c1ccc(Br)cc1. The summed E-state index contributed by atoms with van der Waals surface area (Å²) in [6, 6.07) is 15.9. The van der Waals surface area contributed by atoms with Crippen molar-refractivity contribution in [1.29, 1.82) is 0 Å². The first-order valence-electron chi connectivity index (χ1n) is 5.92. The van der Waals surface area contributed by atoms with Gasteiger partial charge in [-0.05, 0) is 42.3 Å². The van der Waals surface area contributed by atoms with Crippen molar-refractivity contribution in [1.82, 2.24) is 5.32 Å². The first kappa shape index (κ1) is 13.1. The van der Waals surface area contributed by atoms with E-state index in [0.29, 0.717) is 5.75 Å². The zero-order valence-electron chi connectivity index (χ0n) is 10.2. The van der Waals surface area contributed by atoms with Gasteiger partial charge in [-0.15, -0.1) is 0 Å². The molecular formula is C15H16BrNO. The van der Waals surface area contributed by atoms with Crippen LogP contribution in [-0.2, 0) is 6.54 Å². The van der Waals surface area contributed by atoms with E-state index < -0.39 is 0 Å². The van der Waals surface area contributed by atoms with E-state index in [0.717, 1.165) is 16.6 Å². The maximum atomic E-state index is 9.39. The van der Waals surface area contributed by atoms with Crippen molar-refractivity contribution in [3.8, 4) is 5.75 Å². The normalized spacial score (nSPS) is 12.3. The predicted octanol–water partition coefficient (Wildman–Crippen LogP) is 4.01. The van der Waals surface area contributed by atoms with Crippen LogP contribution in [0.15, 0.2) is 53.0 Å². The molecule has 2 aromatic carbocycles. The van der Waals surface area contributed by atoms with Crippen LogP contribution in [0.5, 0.6) is 5.75 Å². The lowest BCUT2D eigenvalue weighted by Crippen LogP contribution is -2.17. The molecule has 2 N–H and O–H groups in total. The summed E-state index contributed by atoms with van der Waals surface area (Å²) in [7, 11) is 0. The Bertz CT molecular complexity index is 510. The lowest BCUT2D eigenvalue weighted by Gasteiger charge is -2.14. The number of halogens is 1. The van der Waals surface area contributed by atoms with E-state index in [4.69, 9.17) is 0 Å². The van der Waals surface area contributed by atoms with Gasteiger partial charge in [0.2, 0.25) is 0 Å². The van der Waals surface area contributed by atoms with Crippen molar-refractivity contribution >= 4 is 15.9 Å². The Hall–Kier alpha value is -1.32. The van der Waals surface area contributed by atoms with Gasteiger partial charge >= 0.3 is 0 Å². The van der Waals surface area contributed by atoms with E-state index in [-0.39, 0.29) is 6.04 Å². The molecule has 0 aliphatic rings. The first-order chi connectivity index (χ1) is 8.65. The number of hydrogen-bond acceptors (Lipinski definition) is 2. The van der Waals surface area contributed by atoms with Crippen LogP contribution in [0.4, 0.5) is 0 Å². The number of aromatic hydroxyl groups is 1. The topological polar surface area (TPSA) is 32.3 Å². The zero-order chi connectivity index (χ0) is 13.0. The Morgan fingerprint density at radius 2 is 1.89 bits per heavy atom. The van der Waals surface area contributed by atoms with Crippen LogP contribution in [0.3, 0.4) is 0 Å². The second-order valence-electron chi connectivity index (χ2n) is 4.32. The molecule has 0 bridgehead atoms. The Kier molecular flexibility index (Phi) is 4.39. The Balaban J connectivity index is 1.96. The largest absolute Gasteiger partial charge is 0.508 e. The summed E-state index contributed by atoms with van der Waals surface area (Å²) >= 11 is 3.43. The molecule has 0 aromatic heterocycles. The number of hydrogen-bond donors (Lipinski definition) is 2. The molecule has 2 rings (SSSR count). The highest BCUT2D eigenvalue weighted by atomic mass is 79.9. The van der Waals surface area contributed by atoms with Crippen molar-refractivity contribution in [3.05, 3.63) is 64.1 Å². The number of phenolic OH excluding ortho intramolecular Hbond substituents is 1. The van der Waals surface area contributed by atoms with Gasteiger partial charge in [0, 0.05) is 17.1 Å². The maximum absolute atomic E-state index is 9.39. The van der Waals surface area contributed by atoms with Crippen LogP contribution >= 0.6 is 15.9 Å². The minimum absolute atomic E-state index is 0.278. The third kappa shape index (κ3) is 3.59. The molecule has 18 heavy (non-hydrogen) atoms. The number of rotatable bonds is 4. The van der Waals surface area contributed by atoms with Gasteiger partial charge in [-0.25, -0.2) is 0 Å². The minimum Gasteiger partial charge on any atom is -0.508 e. The van der Waals surface area contributed by atoms with Crippen LogP contribution in [0.25, 0.3) is 0 Å². The minimum atomic E-state index is 0.278. The molecule has 94 valence electrons. The van der Waals surface area contributed by atoms with Crippen molar-refractivity contribution in [2.24, 2.45) is 0 Å². The second kappa shape index (κ2) is 6.03. The van der Waals surface area contributed by atoms with E-state index in [9.17, 15) is 5.11 Å². The van der Waals surface area contributed by atoms with Crippen molar-refractivity contribution < 1.29 is 5.11 Å². The smallest absolute Gasteiger partial charge is 0.115 e. The van der Waals surface area contributed by atoms with Crippen LogP contribution in [0.2, 0.25) is 0 Å². The summed E-state index contributed by atoms with van der Waals surface area (Å²) in [5, 5.41) is 12.8. The third-order valence-electron chi connectivity index (χ3n) is 2.89. The molecule has 0 spiro atoms. The summed E-state index contributed by atoms with van der Waals surface area (Å²) < 4.78 is 1.09. The molecule has 0 fully saturated rings. The van der Waals surface area contributed by atoms with Gasteiger partial charge in [0.15, 0.2) is 0 Å². The average molecular weight is 306 g/mol. The number of benzene rings is 2. The highest BCUT2D eigenvalue weighted by Gasteiger charge is 2.04. The van der Waals surface area contributed by atoms with E-state index in [1.165, 1.54) is 5.56 Å². The second-order valence-corrected chi connectivity index (χ2v) is 5.24. The Morgan fingerprint density at radius 3 is 2.56 bits per heavy atom. The summed E-state index contributed by atoms with van der Waals surface area (Å²) in [6.07, 6.45) is 0. The van der Waals surface area contributed by atoms with Gasteiger partial charge < -0.3 is 10.4 Å². The van der Waals surface area contributed by atoms with Gasteiger partial charge in [-0.1, -0.05) is 40.2 Å². The average Bonchev–Trinajstić information content (AvgIpc) is 2.37. The molecule has 0 aliphatic heterocycles. The monoisotopic (exact) mass is 305 g/mol. The lowest BCUT2D eigenvalue weighted by atomic mass is 10.1. The highest BCUT2D eigenvalue weighted by Crippen LogP contribution is 2.17. The van der Waals surface area contributed by atoms with Crippen molar-refractivity contribution in [2.75, 3.05) is 0 Å². The van der Waals surface area contributed by atoms with Gasteiger partial charge in [-0.2, -0.15) is 0 Å². The summed E-state index contributed by atoms with van der Waals surface area (Å²) in [5.41, 5.74) is 2.33. The molecule has 0 saturated carbocycles. The molecule has 2 aromatic rings. The van der Waals surface area contributed by atoms with Gasteiger partial charge in [-0.3, -0.25) is 0 Å². The maximum Gasteiger partial charge on any atom is 0.115 e. The summed E-state index contributed by atoms with van der Waals surface area (Å²) in [6.45, 7) is 2.87. The Morgan fingerprint density at radius 1 is 1.17 bits per heavy atom. The van der Waals surface area contributed by atoms with E-state index in [1.54, 1.807) is 12.1 Å². The van der Waals surface area contributed by atoms with Crippen molar-refractivity contribution in [2.45, 2.75) is 19.5 Å². The fourth-order valence-electron chi connectivity index (χ4n) is 1.81. The molecular weight excluding hydrogens is 290 g/mol. The predicted molar refractivity (Wildman–Crippen MR) is 77.5 cm³/mol. The molecule has 2 nitrogen and oxygen atoms in total. The van der Waals surface area contributed by atoms with Crippen LogP contribution in [0, 0.1) is 0 Å². The molecule has 1 atom stereocenters. The van der Waals surface area contributed by atoms with Crippen LogP contribution in [0.1, 0.15) is 24.1 Å². The van der Waals surface area contributed by atoms with Crippen LogP contribution < -0.4 is 5.32 Å². The number of phenols is 1. The summed E-state index contributed by atoms with van der Waals surface area (Å²) in [5.74, 6) is 0.311. The molecule has 0 unspecified atom stereocenters. The quantitative estimate of drug-likeness (QED) is 0.894. The molecule has 0 amide bonds. The van der Waals surface area contributed by atoms with Gasteiger partial charge in [0.05, 0.1) is 0 Å². The third-order valence-corrected chi connectivity index (χ3v) is 3.42. The summed E-state index contributed by atoms with van der Waals surface area (Å²) in [4.78, 5) is 0. The highest BCUT2D eigenvalue weighted by molar-refractivity contribution is 9.10. The number of nitrogens with one attached hydrogen (secondary N) is 1. The zero-order valence-corrected chi connectivity index (χ0v) is 11.8. The molecule has 3 heteroatoms. The first-order valence-corrected chi connectivity index (χ1v) is 6.71. The standard InChI is InChI=1S/C15H16BrNO/c1-11(13-5-7-14(16)8-6-13)17-10-12-3-2-4-15(18)9-12/h2-9,11,17-18H,10H2,1H3/t11-/m0/s1. The fourth-order valence-corrected chi connectivity index (χ4v) is 2.07. The molecule has 0 heterocycles. The molecule has 0 aliphatic carbocycles. The van der Waals surface area contributed by atoms with Crippen LogP contribution in [-0.4, -0.2) is 5.11 Å². The van der Waals surface area contributed by atoms with E-state index >= 15 is 0 Å². The van der Waals surface area contributed by atoms with E-state index in [2.05, 4.69) is 40.3 Å². The fraction of sp³-hybridized carbons (Fsp3) is 0.200. The molecule has 0 saturated heterocycles. The van der Waals surface area contributed by atoms with E-state index in [1.807, 2.05) is 24.3 Å². The lowest BCUT2D eigenvalue weighted by molar-refractivity contribution is 0.473. The molecule has 0 radical (unpaired) electrons. The van der Waals surface area contributed by atoms with Gasteiger partial charge in [0.1, 0.15) is 5.75 Å². The van der Waals surface area contributed by atoms with Gasteiger partial charge in [0.25, 0.3) is 0 Å².